The SMILES string of the molecule is O=C(CSc1nnnn1-c1ccc(Cl)cc1)N1CCCC1. The Balaban J connectivity index is 1.68. The molecule has 21 heavy (non-hydrogen) atoms. The van der Waals surface area contributed by atoms with E-state index in [2.05, 4.69) is 15.5 Å². The Kier molecular flexibility index (Phi) is 4.40. The van der Waals surface area contributed by atoms with Crippen molar-refractivity contribution in [2.24, 2.45) is 0 Å². The van der Waals surface area contributed by atoms with Crippen LogP contribution >= 0.6 is 23.4 Å². The van der Waals surface area contributed by atoms with E-state index in [1.54, 1.807) is 16.8 Å². The molecule has 3 rings (SSSR count). The summed E-state index contributed by atoms with van der Waals surface area (Å²) in [6, 6.07) is 7.24. The molecule has 8 heteroatoms. The van der Waals surface area contributed by atoms with E-state index in [0.29, 0.717) is 15.9 Å². The highest BCUT2D eigenvalue weighted by Crippen LogP contribution is 2.20. The number of carbonyl (C=O) groups excluding carboxylic acids is 1. The number of carbonyl (C=O) groups is 1. The molecule has 1 aromatic heterocycles. The van der Waals surface area contributed by atoms with Gasteiger partial charge in [-0.2, -0.15) is 4.68 Å². The predicted octanol–water partition coefficient (Wildman–Crippen LogP) is 2.03. The van der Waals surface area contributed by atoms with Gasteiger partial charge in [-0.1, -0.05) is 23.4 Å². The maximum Gasteiger partial charge on any atom is 0.233 e. The summed E-state index contributed by atoms with van der Waals surface area (Å²) in [5.41, 5.74) is 0.820. The van der Waals surface area contributed by atoms with Crippen molar-refractivity contribution >= 4 is 29.3 Å². The molecule has 0 spiro atoms. The van der Waals surface area contributed by atoms with Gasteiger partial charge in [0.05, 0.1) is 11.4 Å². The fourth-order valence-corrected chi connectivity index (χ4v) is 3.12. The minimum atomic E-state index is 0.142. The van der Waals surface area contributed by atoms with E-state index in [0.717, 1.165) is 31.6 Å². The molecular formula is C13H14ClN5OS. The number of hydrogen-bond donors (Lipinski definition) is 0. The van der Waals surface area contributed by atoms with Crippen LogP contribution < -0.4 is 0 Å². The van der Waals surface area contributed by atoms with Crippen molar-refractivity contribution in [3.63, 3.8) is 0 Å². The van der Waals surface area contributed by atoms with Crippen LogP contribution in [0.2, 0.25) is 5.02 Å². The van der Waals surface area contributed by atoms with Gasteiger partial charge in [0.1, 0.15) is 0 Å². The van der Waals surface area contributed by atoms with Crippen LogP contribution in [-0.2, 0) is 4.79 Å². The third-order valence-corrected chi connectivity index (χ3v) is 4.45. The van der Waals surface area contributed by atoms with Crippen LogP contribution in [-0.4, -0.2) is 49.9 Å². The average molecular weight is 324 g/mol. The molecule has 6 nitrogen and oxygen atoms in total. The normalized spacial score (nSPS) is 14.6. The van der Waals surface area contributed by atoms with Crippen LogP contribution in [0.15, 0.2) is 29.4 Å². The molecule has 1 fully saturated rings. The molecule has 110 valence electrons. The molecule has 1 aliphatic heterocycles. The van der Waals surface area contributed by atoms with E-state index in [1.165, 1.54) is 11.8 Å². The highest BCUT2D eigenvalue weighted by atomic mass is 35.5. The lowest BCUT2D eigenvalue weighted by Gasteiger charge is -2.14. The second kappa shape index (κ2) is 6.44. The van der Waals surface area contributed by atoms with E-state index in [1.807, 2.05) is 17.0 Å². The summed E-state index contributed by atoms with van der Waals surface area (Å²) >= 11 is 7.22. The van der Waals surface area contributed by atoms with Crippen molar-refractivity contribution in [3.8, 4) is 5.69 Å². The quantitative estimate of drug-likeness (QED) is 0.806. The first-order chi connectivity index (χ1) is 10.2. The van der Waals surface area contributed by atoms with Crippen molar-refractivity contribution < 1.29 is 4.79 Å². The number of tetrazole rings is 1. The Bertz CT molecular complexity index is 624. The minimum absolute atomic E-state index is 0.142. The van der Waals surface area contributed by atoms with Gasteiger partial charge in [-0.05, 0) is 47.5 Å². The van der Waals surface area contributed by atoms with E-state index in [4.69, 9.17) is 11.6 Å². The van der Waals surface area contributed by atoms with Crippen molar-refractivity contribution in [2.75, 3.05) is 18.8 Å². The molecule has 0 aliphatic carbocycles. The van der Waals surface area contributed by atoms with Gasteiger partial charge < -0.3 is 4.90 Å². The first kappa shape index (κ1) is 14.3. The number of rotatable bonds is 4. The van der Waals surface area contributed by atoms with Gasteiger partial charge in [0, 0.05) is 18.1 Å². The molecule has 0 atom stereocenters. The molecule has 1 amide bonds. The van der Waals surface area contributed by atoms with Crippen molar-refractivity contribution in [2.45, 2.75) is 18.0 Å². The average Bonchev–Trinajstić information content (AvgIpc) is 3.17. The standard InChI is InChI=1S/C13H14ClN5OS/c14-10-3-5-11(6-4-10)19-13(15-16-17-19)21-9-12(20)18-7-1-2-8-18/h3-6H,1-2,7-9H2. The summed E-state index contributed by atoms with van der Waals surface area (Å²) in [7, 11) is 0. The summed E-state index contributed by atoms with van der Waals surface area (Å²) in [6.45, 7) is 1.73. The van der Waals surface area contributed by atoms with Gasteiger partial charge in [0.25, 0.3) is 0 Å². The van der Waals surface area contributed by atoms with Gasteiger partial charge >= 0.3 is 0 Å². The van der Waals surface area contributed by atoms with E-state index in [-0.39, 0.29) is 5.91 Å². The van der Waals surface area contributed by atoms with E-state index >= 15 is 0 Å². The summed E-state index contributed by atoms with van der Waals surface area (Å²) in [5.74, 6) is 0.497. The first-order valence-electron chi connectivity index (χ1n) is 6.69. The molecule has 2 heterocycles. The largest absolute Gasteiger partial charge is 0.342 e. The fourth-order valence-electron chi connectivity index (χ4n) is 2.20. The third kappa shape index (κ3) is 3.36. The monoisotopic (exact) mass is 323 g/mol. The number of amides is 1. The molecule has 1 saturated heterocycles. The summed E-state index contributed by atoms with van der Waals surface area (Å²) < 4.78 is 1.61. The summed E-state index contributed by atoms with van der Waals surface area (Å²) in [6.07, 6.45) is 2.19. The number of halogens is 1. The third-order valence-electron chi connectivity index (χ3n) is 3.30. The Hall–Kier alpha value is -1.60. The summed E-state index contributed by atoms with van der Waals surface area (Å²) in [4.78, 5) is 13.9. The fraction of sp³-hybridized carbons (Fsp3) is 0.385. The number of thioether (sulfide) groups is 1. The van der Waals surface area contributed by atoms with Crippen LogP contribution in [0.1, 0.15) is 12.8 Å². The van der Waals surface area contributed by atoms with Crippen LogP contribution in [0, 0.1) is 0 Å². The molecule has 0 N–H and O–H groups in total. The van der Waals surface area contributed by atoms with E-state index < -0.39 is 0 Å². The highest BCUT2D eigenvalue weighted by molar-refractivity contribution is 7.99. The van der Waals surface area contributed by atoms with Gasteiger partial charge in [-0.15, -0.1) is 5.10 Å². The zero-order chi connectivity index (χ0) is 14.7. The lowest BCUT2D eigenvalue weighted by atomic mass is 10.3. The van der Waals surface area contributed by atoms with Gasteiger partial charge in [0.2, 0.25) is 11.1 Å². The van der Waals surface area contributed by atoms with E-state index in [9.17, 15) is 4.79 Å². The van der Waals surface area contributed by atoms with Crippen LogP contribution in [0.4, 0.5) is 0 Å². The lowest BCUT2D eigenvalue weighted by molar-refractivity contribution is -0.127. The molecule has 0 saturated carbocycles. The number of aromatic nitrogens is 4. The van der Waals surface area contributed by atoms with Gasteiger partial charge in [-0.25, -0.2) is 0 Å². The van der Waals surface area contributed by atoms with Crippen molar-refractivity contribution in [1.82, 2.24) is 25.1 Å². The lowest BCUT2D eigenvalue weighted by Crippen LogP contribution is -2.29. The Morgan fingerprint density at radius 2 is 1.95 bits per heavy atom. The van der Waals surface area contributed by atoms with Crippen LogP contribution in [0.25, 0.3) is 5.69 Å². The van der Waals surface area contributed by atoms with Crippen molar-refractivity contribution in [1.29, 1.82) is 0 Å². The zero-order valence-corrected chi connectivity index (χ0v) is 12.8. The van der Waals surface area contributed by atoms with Crippen LogP contribution in [0.3, 0.4) is 0 Å². The predicted molar refractivity (Wildman–Crippen MR) is 80.7 cm³/mol. The van der Waals surface area contributed by atoms with Crippen molar-refractivity contribution in [3.05, 3.63) is 29.3 Å². The molecule has 0 bridgehead atoms. The molecular weight excluding hydrogens is 310 g/mol. The number of hydrogen-bond acceptors (Lipinski definition) is 5. The molecule has 1 aromatic carbocycles. The Labute approximate surface area is 131 Å². The molecule has 1 aliphatic rings. The Morgan fingerprint density at radius 3 is 2.67 bits per heavy atom. The summed E-state index contributed by atoms with van der Waals surface area (Å²) in [5, 5.41) is 12.9. The molecule has 0 radical (unpaired) electrons. The highest BCUT2D eigenvalue weighted by Gasteiger charge is 2.19. The second-order valence-corrected chi connectivity index (χ2v) is 6.11. The van der Waals surface area contributed by atoms with Gasteiger partial charge in [0.15, 0.2) is 0 Å². The first-order valence-corrected chi connectivity index (χ1v) is 8.05. The molecule has 2 aromatic rings. The van der Waals surface area contributed by atoms with Gasteiger partial charge in [-0.3, -0.25) is 4.79 Å². The smallest absolute Gasteiger partial charge is 0.233 e. The Morgan fingerprint density at radius 1 is 1.24 bits per heavy atom. The minimum Gasteiger partial charge on any atom is -0.342 e. The number of likely N-dealkylation sites (tertiary alicyclic amines) is 1. The molecule has 0 unspecified atom stereocenters. The maximum atomic E-state index is 12.0. The van der Waals surface area contributed by atoms with Crippen LogP contribution in [0.5, 0.6) is 0 Å². The topological polar surface area (TPSA) is 63.9 Å². The maximum absolute atomic E-state index is 12.0. The zero-order valence-electron chi connectivity index (χ0n) is 11.3. The second-order valence-electron chi connectivity index (χ2n) is 4.73. The number of nitrogens with zero attached hydrogens (tertiary/aromatic N) is 5. The number of benzene rings is 1.